The molecule has 2 N–H and O–H groups in total. The van der Waals surface area contributed by atoms with E-state index < -0.39 is 0 Å². The minimum Gasteiger partial charge on any atom is -0.348 e. The average Bonchev–Trinajstić information content (AvgIpc) is 2.53. The Kier molecular flexibility index (Phi) is 4.09. The minimum absolute atomic E-state index is 0.212. The highest BCUT2D eigenvalue weighted by Gasteiger charge is 2.19. The third-order valence-corrected chi connectivity index (χ3v) is 4.21. The maximum absolute atomic E-state index is 12.3. The second-order valence-electron chi connectivity index (χ2n) is 6.03. The maximum atomic E-state index is 12.3. The molecule has 1 aliphatic carbocycles. The number of rotatable bonds is 3. The van der Waals surface area contributed by atoms with E-state index in [1.165, 1.54) is 0 Å². The Balaban J connectivity index is 1.78. The van der Waals surface area contributed by atoms with Gasteiger partial charge < -0.3 is 10.3 Å². The van der Waals surface area contributed by atoms with Crippen molar-refractivity contribution in [1.82, 2.24) is 10.3 Å². The summed E-state index contributed by atoms with van der Waals surface area (Å²) in [6.07, 6.45) is 2.89. The van der Waals surface area contributed by atoms with Crippen molar-refractivity contribution in [2.45, 2.75) is 32.7 Å². The van der Waals surface area contributed by atoms with Gasteiger partial charge in [0.25, 0.3) is 11.5 Å². The van der Waals surface area contributed by atoms with Crippen LogP contribution in [-0.4, -0.2) is 10.9 Å². The van der Waals surface area contributed by atoms with Gasteiger partial charge in [0.1, 0.15) is 5.56 Å². The SMILES string of the molecule is C[C@@H]1CCc2[nH]c(=O)c(C(=O)NCc3ccccc3)cc2C1. The number of carbonyl (C=O) groups is 1. The van der Waals surface area contributed by atoms with E-state index in [2.05, 4.69) is 17.2 Å². The standard InChI is InChI=1S/C18H20N2O2/c1-12-7-8-16-14(9-12)10-15(18(22)20-16)17(21)19-11-13-5-3-2-4-6-13/h2-6,10,12H,7-9,11H2,1H3,(H,19,21)(H,20,22)/t12-/m1/s1. The zero-order chi connectivity index (χ0) is 15.5. The smallest absolute Gasteiger partial charge is 0.261 e. The number of benzene rings is 1. The second-order valence-corrected chi connectivity index (χ2v) is 6.03. The molecule has 0 saturated carbocycles. The molecule has 1 atom stereocenters. The lowest BCUT2D eigenvalue weighted by Crippen LogP contribution is -2.31. The molecular formula is C18H20N2O2. The van der Waals surface area contributed by atoms with Crippen LogP contribution < -0.4 is 10.9 Å². The Morgan fingerprint density at radius 3 is 2.86 bits per heavy atom. The van der Waals surface area contributed by atoms with E-state index in [0.717, 1.165) is 36.1 Å². The van der Waals surface area contributed by atoms with Gasteiger partial charge in [-0.2, -0.15) is 0 Å². The van der Waals surface area contributed by atoms with Crippen molar-refractivity contribution in [3.63, 3.8) is 0 Å². The number of amides is 1. The average molecular weight is 296 g/mol. The first kappa shape index (κ1) is 14.6. The van der Waals surface area contributed by atoms with E-state index >= 15 is 0 Å². The molecule has 0 spiro atoms. The van der Waals surface area contributed by atoms with Gasteiger partial charge in [0.15, 0.2) is 0 Å². The van der Waals surface area contributed by atoms with Gasteiger partial charge in [-0.15, -0.1) is 0 Å². The minimum atomic E-state index is -0.314. The highest BCUT2D eigenvalue weighted by atomic mass is 16.2. The fraction of sp³-hybridized carbons (Fsp3) is 0.333. The zero-order valence-electron chi connectivity index (χ0n) is 12.7. The largest absolute Gasteiger partial charge is 0.348 e. The molecule has 22 heavy (non-hydrogen) atoms. The summed E-state index contributed by atoms with van der Waals surface area (Å²) in [6, 6.07) is 11.4. The van der Waals surface area contributed by atoms with Crippen LogP contribution in [0.25, 0.3) is 0 Å². The maximum Gasteiger partial charge on any atom is 0.261 e. The molecule has 0 fully saturated rings. The molecule has 0 radical (unpaired) electrons. The molecule has 1 aromatic heterocycles. The molecule has 4 nitrogen and oxygen atoms in total. The second kappa shape index (κ2) is 6.18. The van der Waals surface area contributed by atoms with Gasteiger partial charge in [-0.1, -0.05) is 37.3 Å². The van der Waals surface area contributed by atoms with Gasteiger partial charge in [0.2, 0.25) is 0 Å². The molecule has 0 aliphatic heterocycles. The monoisotopic (exact) mass is 296 g/mol. The van der Waals surface area contributed by atoms with Gasteiger partial charge in [0, 0.05) is 12.2 Å². The number of hydrogen-bond donors (Lipinski definition) is 2. The summed E-state index contributed by atoms with van der Waals surface area (Å²) < 4.78 is 0. The predicted molar refractivity (Wildman–Crippen MR) is 85.9 cm³/mol. The van der Waals surface area contributed by atoms with Crippen molar-refractivity contribution in [2.24, 2.45) is 5.92 Å². The topological polar surface area (TPSA) is 62.0 Å². The molecule has 4 heteroatoms. The van der Waals surface area contributed by atoms with Crippen molar-refractivity contribution in [3.05, 3.63) is 69.1 Å². The quantitative estimate of drug-likeness (QED) is 0.914. The molecule has 1 amide bonds. The number of aryl methyl sites for hydroxylation is 1. The number of aromatic amines is 1. The number of aromatic nitrogens is 1. The zero-order valence-corrected chi connectivity index (χ0v) is 12.7. The van der Waals surface area contributed by atoms with Crippen molar-refractivity contribution in [1.29, 1.82) is 0 Å². The van der Waals surface area contributed by atoms with Crippen LogP contribution in [-0.2, 0) is 19.4 Å². The van der Waals surface area contributed by atoms with Crippen LogP contribution in [0.15, 0.2) is 41.2 Å². The molecule has 0 bridgehead atoms. The summed E-state index contributed by atoms with van der Waals surface area (Å²) >= 11 is 0. The summed E-state index contributed by atoms with van der Waals surface area (Å²) in [4.78, 5) is 27.3. The van der Waals surface area contributed by atoms with E-state index in [-0.39, 0.29) is 17.0 Å². The van der Waals surface area contributed by atoms with Crippen LogP contribution in [0.3, 0.4) is 0 Å². The molecule has 1 aliphatic rings. The molecule has 2 aromatic rings. The highest BCUT2D eigenvalue weighted by Crippen LogP contribution is 2.23. The molecule has 114 valence electrons. The molecule has 0 saturated heterocycles. The number of nitrogens with one attached hydrogen (secondary N) is 2. The van der Waals surface area contributed by atoms with E-state index in [0.29, 0.717) is 12.5 Å². The fourth-order valence-corrected chi connectivity index (χ4v) is 2.93. The summed E-state index contributed by atoms with van der Waals surface area (Å²) in [5.74, 6) is 0.282. The Hall–Kier alpha value is -2.36. The molecule has 3 rings (SSSR count). The van der Waals surface area contributed by atoms with Crippen LogP contribution in [0.5, 0.6) is 0 Å². The number of carbonyl (C=O) groups excluding carboxylic acids is 1. The van der Waals surface area contributed by atoms with Crippen LogP contribution in [0, 0.1) is 5.92 Å². The Morgan fingerprint density at radius 1 is 1.32 bits per heavy atom. The lowest BCUT2D eigenvalue weighted by Gasteiger charge is -2.21. The van der Waals surface area contributed by atoms with E-state index in [4.69, 9.17) is 0 Å². The third-order valence-electron chi connectivity index (χ3n) is 4.21. The number of hydrogen-bond acceptors (Lipinski definition) is 2. The summed E-state index contributed by atoms with van der Waals surface area (Å²) in [7, 11) is 0. The molecule has 1 heterocycles. The Labute approximate surface area is 129 Å². The van der Waals surface area contributed by atoms with Crippen LogP contribution in [0.2, 0.25) is 0 Å². The van der Waals surface area contributed by atoms with Crippen molar-refractivity contribution in [3.8, 4) is 0 Å². The number of fused-ring (bicyclic) bond motifs is 1. The summed E-state index contributed by atoms with van der Waals surface area (Å²) in [6.45, 7) is 2.62. The molecule has 0 unspecified atom stereocenters. The predicted octanol–water partition coefficient (Wildman–Crippen LogP) is 2.43. The van der Waals surface area contributed by atoms with Gasteiger partial charge in [-0.3, -0.25) is 9.59 Å². The highest BCUT2D eigenvalue weighted by molar-refractivity contribution is 5.94. The van der Waals surface area contributed by atoms with E-state index in [9.17, 15) is 9.59 Å². The van der Waals surface area contributed by atoms with Gasteiger partial charge in [-0.05, 0) is 42.4 Å². The van der Waals surface area contributed by atoms with Crippen LogP contribution in [0.1, 0.15) is 40.5 Å². The third kappa shape index (κ3) is 3.11. The first-order chi connectivity index (χ1) is 10.6. The summed E-state index contributed by atoms with van der Waals surface area (Å²) in [5.41, 5.74) is 3.02. The molecular weight excluding hydrogens is 276 g/mol. The van der Waals surface area contributed by atoms with Crippen LogP contribution >= 0.6 is 0 Å². The van der Waals surface area contributed by atoms with Gasteiger partial charge in [0.05, 0.1) is 0 Å². The number of H-pyrrole nitrogens is 1. The first-order valence-corrected chi connectivity index (χ1v) is 7.70. The normalized spacial score (nSPS) is 16.9. The fourth-order valence-electron chi connectivity index (χ4n) is 2.93. The van der Waals surface area contributed by atoms with Gasteiger partial charge >= 0.3 is 0 Å². The Bertz CT molecular complexity index is 734. The van der Waals surface area contributed by atoms with Crippen molar-refractivity contribution in [2.75, 3.05) is 0 Å². The van der Waals surface area contributed by atoms with E-state index in [1.807, 2.05) is 30.3 Å². The first-order valence-electron chi connectivity index (χ1n) is 7.70. The van der Waals surface area contributed by atoms with Crippen molar-refractivity contribution < 1.29 is 4.79 Å². The van der Waals surface area contributed by atoms with E-state index in [1.54, 1.807) is 6.07 Å². The van der Waals surface area contributed by atoms with Crippen LogP contribution in [0.4, 0.5) is 0 Å². The Morgan fingerprint density at radius 2 is 2.09 bits per heavy atom. The number of pyridine rings is 1. The van der Waals surface area contributed by atoms with Gasteiger partial charge in [-0.25, -0.2) is 0 Å². The van der Waals surface area contributed by atoms with Crippen molar-refractivity contribution >= 4 is 5.91 Å². The lowest BCUT2D eigenvalue weighted by molar-refractivity contribution is 0.0949. The molecule has 1 aromatic carbocycles. The lowest BCUT2D eigenvalue weighted by atomic mass is 9.87. The summed E-state index contributed by atoms with van der Waals surface area (Å²) in [5, 5.41) is 2.82.